The monoisotopic (exact) mass is 291 g/mol. The van der Waals surface area contributed by atoms with Crippen LogP contribution in [-0.2, 0) is 5.54 Å². The number of halogens is 1. The molecule has 0 bridgehead atoms. The molecule has 0 radical (unpaired) electrons. The van der Waals surface area contributed by atoms with Gasteiger partial charge in [-0.2, -0.15) is 0 Å². The van der Waals surface area contributed by atoms with Crippen LogP contribution in [0, 0.1) is 6.92 Å². The van der Waals surface area contributed by atoms with Crippen molar-refractivity contribution in [3.63, 3.8) is 0 Å². The zero-order chi connectivity index (χ0) is 12.0. The van der Waals surface area contributed by atoms with Gasteiger partial charge < -0.3 is 10.7 Å². The summed E-state index contributed by atoms with van der Waals surface area (Å²) in [6.07, 6.45) is 2.05. The number of rotatable bonds is 2. The molecule has 0 saturated heterocycles. The fourth-order valence-corrected chi connectivity index (χ4v) is 2.46. The highest BCUT2D eigenvalue weighted by Gasteiger charge is 2.43. The first kappa shape index (κ1) is 11.0. The number of aryl methyl sites for hydroxylation is 1. The molecule has 1 heterocycles. The average molecular weight is 292 g/mol. The maximum Gasteiger partial charge on any atom is 0.127 e. The Labute approximate surface area is 109 Å². The topological polar surface area (TPSA) is 54.7 Å². The standard InChI is InChI=1S/C13H14BrN3/c1-8-11(9-4-2-3-5-10(9)14)17-12(16-8)13(15)6-7-13/h2-5H,6-7,15H2,1H3,(H,16,17). The van der Waals surface area contributed by atoms with E-state index in [-0.39, 0.29) is 5.54 Å². The summed E-state index contributed by atoms with van der Waals surface area (Å²) in [6.45, 7) is 2.04. The predicted octanol–water partition coefficient (Wildman–Crippen LogP) is 3.10. The average Bonchev–Trinajstić information content (AvgIpc) is 2.93. The molecule has 0 atom stereocenters. The molecule has 1 saturated carbocycles. The number of benzene rings is 1. The van der Waals surface area contributed by atoms with Crippen LogP contribution in [0.3, 0.4) is 0 Å². The number of imidazole rings is 1. The molecule has 17 heavy (non-hydrogen) atoms. The van der Waals surface area contributed by atoms with Gasteiger partial charge in [0.05, 0.1) is 11.2 Å². The summed E-state index contributed by atoms with van der Waals surface area (Å²) < 4.78 is 1.06. The molecular weight excluding hydrogens is 278 g/mol. The molecule has 4 heteroatoms. The third-order valence-corrected chi connectivity index (χ3v) is 3.97. The predicted molar refractivity (Wildman–Crippen MR) is 71.6 cm³/mol. The van der Waals surface area contributed by atoms with Gasteiger partial charge in [0.25, 0.3) is 0 Å². The molecule has 1 aliphatic rings. The lowest BCUT2D eigenvalue weighted by Gasteiger charge is -2.03. The molecule has 3 nitrogen and oxygen atoms in total. The smallest absolute Gasteiger partial charge is 0.127 e. The summed E-state index contributed by atoms with van der Waals surface area (Å²) in [5.41, 5.74) is 9.13. The van der Waals surface area contributed by atoms with E-state index in [2.05, 4.69) is 32.0 Å². The fraction of sp³-hybridized carbons (Fsp3) is 0.308. The number of hydrogen-bond donors (Lipinski definition) is 2. The number of aromatic amines is 1. The minimum atomic E-state index is -0.204. The second kappa shape index (κ2) is 3.68. The van der Waals surface area contributed by atoms with Crippen LogP contribution in [0.15, 0.2) is 28.7 Å². The van der Waals surface area contributed by atoms with Crippen molar-refractivity contribution in [1.29, 1.82) is 0 Å². The van der Waals surface area contributed by atoms with E-state index in [0.29, 0.717) is 0 Å². The Kier molecular flexibility index (Phi) is 2.38. The first-order valence-corrected chi connectivity index (χ1v) is 6.50. The molecule has 1 aromatic heterocycles. The highest BCUT2D eigenvalue weighted by atomic mass is 79.9. The molecule has 3 N–H and O–H groups in total. The number of hydrogen-bond acceptors (Lipinski definition) is 2. The minimum absolute atomic E-state index is 0.204. The van der Waals surface area contributed by atoms with Crippen LogP contribution < -0.4 is 5.73 Å². The lowest BCUT2D eigenvalue weighted by molar-refractivity contribution is 0.684. The molecule has 0 aliphatic heterocycles. The molecular formula is C13H14BrN3. The summed E-state index contributed by atoms with van der Waals surface area (Å²) >= 11 is 3.56. The number of H-pyrrole nitrogens is 1. The van der Waals surface area contributed by atoms with Crippen LogP contribution in [0.4, 0.5) is 0 Å². The largest absolute Gasteiger partial charge is 0.344 e. The van der Waals surface area contributed by atoms with E-state index in [0.717, 1.165) is 40.1 Å². The quantitative estimate of drug-likeness (QED) is 0.893. The Morgan fingerprint density at radius 1 is 1.35 bits per heavy atom. The SMILES string of the molecule is Cc1[nH]c(C2(N)CC2)nc1-c1ccccc1Br. The van der Waals surface area contributed by atoms with Crippen LogP contribution in [0.25, 0.3) is 11.3 Å². The summed E-state index contributed by atoms with van der Waals surface area (Å²) in [6, 6.07) is 8.11. The van der Waals surface area contributed by atoms with Crippen molar-refractivity contribution >= 4 is 15.9 Å². The number of nitrogens with zero attached hydrogens (tertiary/aromatic N) is 1. The molecule has 1 aliphatic carbocycles. The second-order valence-electron chi connectivity index (χ2n) is 4.70. The zero-order valence-corrected chi connectivity index (χ0v) is 11.2. The molecule has 0 unspecified atom stereocenters. The van der Waals surface area contributed by atoms with E-state index in [9.17, 15) is 0 Å². The molecule has 0 spiro atoms. The molecule has 1 aromatic carbocycles. The van der Waals surface area contributed by atoms with E-state index in [1.54, 1.807) is 0 Å². The molecule has 3 rings (SSSR count). The summed E-state index contributed by atoms with van der Waals surface area (Å²) in [5, 5.41) is 0. The van der Waals surface area contributed by atoms with Crippen LogP contribution >= 0.6 is 15.9 Å². The first-order chi connectivity index (χ1) is 8.10. The van der Waals surface area contributed by atoms with Crippen LogP contribution in [0.1, 0.15) is 24.4 Å². The second-order valence-corrected chi connectivity index (χ2v) is 5.55. The Morgan fingerprint density at radius 3 is 2.71 bits per heavy atom. The molecule has 2 aromatic rings. The summed E-state index contributed by atoms with van der Waals surface area (Å²) in [4.78, 5) is 7.98. The molecule has 88 valence electrons. The first-order valence-electron chi connectivity index (χ1n) is 5.71. The van der Waals surface area contributed by atoms with E-state index in [1.807, 2.05) is 25.1 Å². The maximum absolute atomic E-state index is 6.16. The van der Waals surface area contributed by atoms with Crippen molar-refractivity contribution in [2.24, 2.45) is 5.73 Å². The van der Waals surface area contributed by atoms with Gasteiger partial charge in [0.2, 0.25) is 0 Å². The van der Waals surface area contributed by atoms with E-state index in [1.165, 1.54) is 0 Å². The van der Waals surface area contributed by atoms with Gasteiger partial charge in [-0.3, -0.25) is 0 Å². The van der Waals surface area contributed by atoms with Gasteiger partial charge in [-0.15, -0.1) is 0 Å². The van der Waals surface area contributed by atoms with Crippen LogP contribution in [-0.4, -0.2) is 9.97 Å². The Bertz CT molecular complexity index is 570. The van der Waals surface area contributed by atoms with Crippen LogP contribution in [0.5, 0.6) is 0 Å². The van der Waals surface area contributed by atoms with Crippen molar-refractivity contribution in [2.45, 2.75) is 25.3 Å². The van der Waals surface area contributed by atoms with Gasteiger partial charge in [-0.1, -0.05) is 34.1 Å². The number of aromatic nitrogens is 2. The minimum Gasteiger partial charge on any atom is -0.344 e. The summed E-state index contributed by atoms with van der Waals surface area (Å²) in [5.74, 6) is 0.917. The third-order valence-electron chi connectivity index (χ3n) is 3.27. The van der Waals surface area contributed by atoms with Crippen molar-refractivity contribution in [2.75, 3.05) is 0 Å². The molecule has 0 amide bonds. The number of nitrogens with one attached hydrogen (secondary N) is 1. The van der Waals surface area contributed by atoms with Gasteiger partial charge >= 0.3 is 0 Å². The maximum atomic E-state index is 6.16. The van der Waals surface area contributed by atoms with Crippen molar-refractivity contribution in [3.05, 3.63) is 40.3 Å². The van der Waals surface area contributed by atoms with Gasteiger partial charge in [0.15, 0.2) is 0 Å². The van der Waals surface area contributed by atoms with E-state index < -0.39 is 0 Å². The summed E-state index contributed by atoms with van der Waals surface area (Å²) in [7, 11) is 0. The highest BCUT2D eigenvalue weighted by molar-refractivity contribution is 9.10. The number of nitrogens with two attached hydrogens (primary N) is 1. The highest BCUT2D eigenvalue weighted by Crippen LogP contribution is 2.42. The fourth-order valence-electron chi connectivity index (χ4n) is 1.98. The zero-order valence-electron chi connectivity index (χ0n) is 9.63. The van der Waals surface area contributed by atoms with Crippen molar-refractivity contribution in [3.8, 4) is 11.3 Å². The Balaban J connectivity index is 2.10. The lowest BCUT2D eigenvalue weighted by atomic mass is 10.1. The van der Waals surface area contributed by atoms with E-state index >= 15 is 0 Å². The van der Waals surface area contributed by atoms with Crippen molar-refractivity contribution in [1.82, 2.24) is 9.97 Å². The normalized spacial score (nSPS) is 17.1. The van der Waals surface area contributed by atoms with E-state index in [4.69, 9.17) is 5.73 Å². The van der Waals surface area contributed by atoms with Gasteiger partial charge in [0.1, 0.15) is 5.82 Å². The van der Waals surface area contributed by atoms with Crippen molar-refractivity contribution < 1.29 is 0 Å². The third kappa shape index (κ3) is 1.81. The molecule has 1 fully saturated rings. The Morgan fingerprint density at radius 2 is 2.06 bits per heavy atom. The van der Waals surface area contributed by atoms with Gasteiger partial charge in [-0.05, 0) is 25.8 Å². The van der Waals surface area contributed by atoms with Gasteiger partial charge in [-0.25, -0.2) is 4.98 Å². The Hall–Kier alpha value is -1.13. The lowest BCUT2D eigenvalue weighted by Crippen LogP contribution is -2.20. The van der Waals surface area contributed by atoms with Gasteiger partial charge in [0, 0.05) is 15.7 Å². The van der Waals surface area contributed by atoms with Crippen LogP contribution in [0.2, 0.25) is 0 Å².